The van der Waals surface area contributed by atoms with Crippen LogP contribution in [0.3, 0.4) is 0 Å². The number of carboxylic acid groups (broad SMARTS) is 1. The van der Waals surface area contributed by atoms with Gasteiger partial charge in [0.1, 0.15) is 6.04 Å². The zero-order valence-corrected chi connectivity index (χ0v) is 14.9. The van der Waals surface area contributed by atoms with Gasteiger partial charge in [-0.15, -0.1) is 0 Å². The largest absolute Gasteiger partial charge is 0.481 e. The third kappa shape index (κ3) is 3.81. The number of aryl methyl sites for hydroxylation is 1. The Kier molecular flexibility index (Phi) is 5.44. The molecular weight excluding hydrogens is 334 g/mol. The van der Waals surface area contributed by atoms with Gasteiger partial charge in [-0.05, 0) is 43.7 Å². The van der Waals surface area contributed by atoms with Crippen molar-refractivity contribution in [1.82, 2.24) is 15.5 Å². The fourth-order valence-electron chi connectivity index (χ4n) is 3.83. The van der Waals surface area contributed by atoms with Crippen molar-refractivity contribution in [2.45, 2.75) is 44.7 Å². The van der Waals surface area contributed by atoms with Crippen molar-refractivity contribution in [1.29, 1.82) is 0 Å². The van der Waals surface area contributed by atoms with Gasteiger partial charge in [0.25, 0.3) is 0 Å². The second-order valence-electron chi connectivity index (χ2n) is 7.08. The molecule has 1 aromatic rings. The summed E-state index contributed by atoms with van der Waals surface area (Å²) in [6, 6.07) is 6.65. The van der Waals surface area contributed by atoms with E-state index in [0.717, 1.165) is 11.1 Å². The highest BCUT2D eigenvalue weighted by Gasteiger charge is 2.36. The predicted molar refractivity (Wildman–Crippen MR) is 95.5 cm³/mol. The number of nitrogens with zero attached hydrogens (tertiary/aromatic N) is 1. The third-order valence-corrected chi connectivity index (χ3v) is 5.36. The summed E-state index contributed by atoms with van der Waals surface area (Å²) in [5, 5.41) is 14.9. The number of rotatable bonds is 3. The lowest BCUT2D eigenvalue weighted by Gasteiger charge is -2.37. The summed E-state index contributed by atoms with van der Waals surface area (Å²) < 4.78 is 0. The number of nitrogens with one attached hydrogen (secondary N) is 2. The molecule has 1 aromatic carbocycles. The fraction of sp³-hybridized carbons (Fsp3) is 0.526. The van der Waals surface area contributed by atoms with Crippen molar-refractivity contribution >= 4 is 17.9 Å². The maximum atomic E-state index is 12.8. The fourth-order valence-corrected chi connectivity index (χ4v) is 3.83. The van der Waals surface area contributed by atoms with Crippen LogP contribution in [0.1, 0.15) is 42.9 Å². The Morgan fingerprint density at radius 1 is 1.19 bits per heavy atom. The van der Waals surface area contributed by atoms with Crippen LogP contribution in [-0.4, -0.2) is 47.0 Å². The Balaban J connectivity index is 1.70. The van der Waals surface area contributed by atoms with Crippen molar-refractivity contribution in [2.24, 2.45) is 5.92 Å². The first-order chi connectivity index (χ1) is 12.5. The smallest absolute Gasteiger partial charge is 0.318 e. The zero-order valence-electron chi connectivity index (χ0n) is 14.9. The molecule has 7 heteroatoms. The van der Waals surface area contributed by atoms with Crippen LogP contribution in [0.15, 0.2) is 24.3 Å². The van der Waals surface area contributed by atoms with Crippen LogP contribution in [0.25, 0.3) is 0 Å². The molecule has 1 unspecified atom stereocenters. The minimum Gasteiger partial charge on any atom is -0.481 e. The van der Waals surface area contributed by atoms with E-state index >= 15 is 0 Å². The number of hydrogen-bond acceptors (Lipinski definition) is 3. The molecule has 1 atom stereocenters. The van der Waals surface area contributed by atoms with Crippen LogP contribution in [0.2, 0.25) is 0 Å². The highest BCUT2D eigenvalue weighted by atomic mass is 16.4. The molecule has 1 heterocycles. The van der Waals surface area contributed by atoms with Crippen molar-refractivity contribution in [3.8, 4) is 0 Å². The second-order valence-corrected chi connectivity index (χ2v) is 7.08. The Morgan fingerprint density at radius 3 is 2.54 bits per heavy atom. The number of aliphatic carboxylic acids is 1. The summed E-state index contributed by atoms with van der Waals surface area (Å²) >= 11 is 0. The maximum absolute atomic E-state index is 12.8. The molecule has 1 saturated carbocycles. The van der Waals surface area contributed by atoms with Crippen LogP contribution in [0, 0.1) is 12.8 Å². The van der Waals surface area contributed by atoms with Crippen LogP contribution >= 0.6 is 0 Å². The van der Waals surface area contributed by atoms with Crippen LogP contribution in [0.5, 0.6) is 0 Å². The zero-order chi connectivity index (χ0) is 18.7. The van der Waals surface area contributed by atoms with Crippen molar-refractivity contribution in [2.75, 3.05) is 13.1 Å². The first-order valence-corrected chi connectivity index (χ1v) is 9.10. The van der Waals surface area contributed by atoms with E-state index in [-0.39, 0.29) is 23.9 Å². The molecule has 1 saturated heterocycles. The molecule has 3 N–H and O–H groups in total. The average Bonchev–Trinajstić information content (AvgIpc) is 2.62. The molecule has 2 aliphatic rings. The van der Waals surface area contributed by atoms with Gasteiger partial charge in [-0.1, -0.05) is 24.3 Å². The van der Waals surface area contributed by atoms with Gasteiger partial charge < -0.3 is 20.6 Å². The molecular formula is C19H25N3O4. The van der Waals surface area contributed by atoms with Gasteiger partial charge in [0, 0.05) is 19.1 Å². The first kappa shape index (κ1) is 18.2. The minimum absolute atomic E-state index is 0.0411. The number of amides is 3. The number of carbonyl (C=O) groups is 3. The summed E-state index contributed by atoms with van der Waals surface area (Å²) in [7, 11) is 0. The highest BCUT2D eigenvalue weighted by molar-refractivity contribution is 5.89. The molecule has 3 rings (SSSR count). The van der Waals surface area contributed by atoms with E-state index in [1.165, 1.54) is 0 Å². The van der Waals surface area contributed by atoms with Gasteiger partial charge in [0.15, 0.2) is 0 Å². The summed E-state index contributed by atoms with van der Waals surface area (Å²) in [5.41, 5.74) is 1.80. The van der Waals surface area contributed by atoms with Gasteiger partial charge in [-0.25, -0.2) is 4.79 Å². The van der Waals surface area contributed by atoms with Crippen LogP contribution < -0.4 is 10.6 Å². The van der Waals surface area contributed by atoms with E-state index in [9.17, 15) is 14.4 Å². The molecule has 2 fully saturated rings. The van der Waals surface area contributed by atoms with Gasteiger partial charge in [0.05, 0.1) is 5.92 Å². The minimum atomic E-state index is -0.762. The SMILES string of the molecule is Cc1ccccc1C1C(=O)NCCN1C(=O)NC1CCC(C(=O)O)CC1. The lowest BCUT2D eigenvalue weighted by molar-refractivity contribution is -0.142. The van der Waals surface area contributed by atoms with Gasteiger partial charge >= 0.3 is 12.0 Å². The molecule has 0 spiro atoms. The second kappa shape index (κ2) is 7.76. The average molecular weight is 359 g/mol. The van der Waals surface area contributed by atoms with E-state index in [2.05, 4.69) is 10.6 Å². The Morgan fingerprint density at radius 2 is 1.88 bits per heavy atom. The number of urea groups is 1. The van der Waals surface area contributed by atoms with E-state index in [1.807, 2.05) is 31.2 Å². The topological polar surface area (TPSA) is 98.7 Å². The monoisotopic (exact) mass is 359 g/mol. The Bertz CT molecular complexity index is 698. The normalized spacial score (nSPS) is 26.1. The third-order valence-electron chi connectivity index (χ3n) is 5.36. The number of piperazine rings is 1. The molecule has 3 amide bonds. The van der Waals surface area contributed by atoms with E-state index in [1.54, 1.807) is 4.90 Å². The van der Waals surface area contributed by atoms with Gasteiger partial charge in [-0.2, -0.15) is 0 Å². The number of carbonyl (C=O) groups excluding carboxylic acids is 2. The molecule has 26 heavy (non-hydrogen) atoms. The molecule has 7 nitrogen and oxygen atoms in total. The summed E-state index contributed by atoms with van der Waals surface area (Å²) in [4.78, 5) is 38.0. The summed E-state index contributed by atoms with van der Waals surface area (Å²) in [5.74, 6) is -1.25. The molecule has 1 aliphatic heterocycles. The molecule has 0 aromatic heterocycles. The van der Waals surface area contributed by atoms with Crippen molar-refractivity contribution < 1.29 is 19.5 Å². The van der Waals surface area contributed by atoms with Crippen LogP contribution in [-0.2, 0) is 9.59 Å². The summed E-state index contributed by atoms with van der Waals surface area (Å²) in [6.45, 7) is 2.81. The van der Waals surface area contributed by atoms with E-state index in [0.29, 0.717) is 38.8 Å². The van der Waals surface area contributed by atoms with Crippen molar-refractivity contribution in [3.05, 3.63) is 35.4 Å². The number of benzene rings is 1. The maximum Gasteiger partial charge on any atom is 0.318 e. The Labute approximate surface area is 152 Å². The molecule has 0 bridgehead atoms. The van der Waals surface area contributed by atoms with Gasteiger partial charge in [-0.3, -0.25) is 9.59 Å². The standard InChI is InChI=1S/C19H25N3O4/c1-12-4-2-3-5-15(12)16-17(23)20-10-11-22(16)19(26)21-14-8-6-13(7-9-14)18(24)25/h2-5,13-14,16H,6-11H2,1H3,(H,20,23)(H,21,26)(H,24,25). The number of carboxylic acids is 1. The lowest BCUT2D eigenvalue weighted by atomic mass is 9.86. The lowest BCUT2D eigenvalue weighted by Crippen LogP contribution is -2.56. The van der Waals surface area contributed by atoms with Gasteiger partial charge in [0.2, 0.25) is 5.91 Å². The van der Waals surface area contributed by atoms with Crippen LogP contribution in [0.4, 0.5) is 4.79 Å². The molecule has 1 aliphatic carbocycles. The quantitative estimate of drug-likeness (QED) is 0.767. The molecule has 0 radical (unpaired) electrons. The van der Waals surface area contributed by atoms with E-state index in [4.69, 9.17) is 5.11 Å². The van der Waals surface area contributed by atoms with Crippen molar-refractivity contribution in [3.63, 3.8) is 0 Å². The number of hydrogen-bond donors (Lipinski definition) is 3. The highest BCUT2D eigenvalue weighted by Crippen LogP contribution is 2.28. The summed E-state index contributed by atoms with van der Waals surface area (Å²) in [6.07, 6.45) is 2.44. The Hall–Kier alpha value is -2.57. The molecule has 140 valence electrons. The first-order valence-electron chi connectivity index (χ1n) is 9.10. The van der Waals surface area contributed by atoms with E-state index < -0.39 is 12.0 Å². The predicted octanol–water partition coefficient (Wildman–Crippen LogP) is 1.82.